The van der Waals surface area contributed by atoms with Crippen molar-refractivity contribution in [3.8, 4) is 0 Å². The van der Waals surface area contributed by atoms with Crippen LogP contribution < -0.4 is 5.32 Å². The first-order valence-electron chi connectivity index (χ1n) is 5.89. The molecule has 0 fully saturated rings. The van der Waals surface area contributed by atoms with Gasteiger partial charge in [-0.25, -0.2) is 4.39 Å². The molecule has 0 heterocycles. The molecular formula is C13H19ClFNO2. The van der Waals surface area contributed by atoms with E-state index in [-0.39, 0.29) is 23.7 Å². The van der Waals surface area contributed by atoms with E-state index in [4.69, 9.17) is 21.4 Å². The molecule has 0 amide bonds. The van der Waals surface area contributed by atoms with E-state index < -0.39 is 5.82 Å². The lowest BCUT2D eigenvalue weighted by Gasteiger charge is -2.22. The number of methoxy groups -OCH3 is 1. The topological polar surface area (TPSA) is 41.5 Å². The number of benzene rings is 1. The maximum absolute atomic E-state index is 13.1. The monoisotopic (exact) mass is 275 g/mol. The molecule has 0 bridgehead atoms. The average molecular weight is 276 g/mol. The number of aliphatic hydroxyl groups is 1. The first-order chi connectivity index (χ1) is 8.58. The molecule has 2 unspecified atom stereocenters. The van der Waals surface area contributed by atoms with Crippen LogP contribution >= 0.6 is 11.6 Å². The standard InChI is InChI=1S/C13H19ClFNO2/c1-9(16-11(5-6-17)8-18-2)10-3-4-13(15)12(14)7-10/h3-4,7,9,11,16-17H,5-6,8H2,1-2H3. The maximum Gasteiger partial charge on any atom is 0.141 e. The molecule has 0 radical (unpaired) electrons. The Labute approximate surface area is 112 Å². The van der Waals surface area contributed by atoms with Crippen molar-refractivity contribution in [2.24, 2.45) is 0 Å². The largest absolute Gasteiger partial charge is 0.396 e. The van der Waals surface area contributed by atoms with Gasteiger partial charge in [-0.1, -0.05) is 17.7 Å². The fraction of sp³-hybridized carbons (Fsp3) is 0.538. The Bertz CT molecular complexity index is 370. The smallest absolute Gasteiger partial charge is 0.141 e. The quantitative estimate of drug-likeness (QED) is 0.803. The number of aliphatic hydroxyl groups excluding tert-OH is 1. The Morgan fingerprint density at radius 3 is 2.78 bits per heavy atom. The summed E-state index contributed by atoms with van der Waals surface area (Å²) in [5.74, 6) is -0.420. The summed E-state index contributed by atoms with van der Waals surface area (Å²) in [5.41, 5.74) is 0.903. The summed E-state index contributed by atoms with van der Waals surface area (Å²) in [6, 6.07) is 4.72. The van der Waals surface area contributed by atoms with Crippen LogP contribution in [0.4, 0.5) is 4.39 Å². The van der Waals surface area contributed by atoms with E-state index >= 15 is 0 Å². The predicted octanol–water partition coefficient (Wildman–Crippen LogP) is 2.53. The van der Waals surface area contributed by atoms with E-state index in [1.807, 2.05) is 6.92 Å². The Balaban J connectivity index is 2.67. The number of hydrogen-bond donors (Lipinski definition) is 2. The molecule has 3 nitrogen and oxygen atoms in total. The van der Waals surface area contributed by atoms with E-state index in [9.17, 15) is 4.39 Å². The number of ether oxygens (including phenoxy) is 1. The van der Waals surface area contributed by atoms with Crippen molar-refractivity contribution in [2.45, 2.75) is 25.4 Å². The van der Waals surface area contributed by atoms with Gasteiger partial charge in [-0.05, 0) is 31.0 Å². The van der Waals surface area contributed by atoms with Gasteiger partial charge in [-0.2, -0.15) is 0 Å². The van der Waals surface area contributed by atoms with Crippen LogP contribution in [0.25, 0.3) is 0 Å². The van der Waals surface area contributed by atoms with Gasteiger partial charge in [0.2, 0.25) is 0 Å². The molecule has 1 rings (SSSR count). The van der Waals surface area contributed by atoms with Crippen LogP contribution in [-0.2, 0) is 4.74 Å². The van der Waals surface area contributed by atoms with Gasteiger partial charge in [0.05, 0.1) is 11.6 Å². The molecule has 2 atom stereocenters. The molecule has 0 aliphatic heterocycles. The minimum atomic E-state index is -0.420. The van der Waals surface area contributed by atoms with Crippen LogP contribution in [0.5, 0.6) is 0 Å². The highest BCUT2D eigenvalue weighted by atomic mass is 35.5. The second kappa shape index (κ2) is 7.69. The molecule has 0 aliphatic rings. The van der Waals surface area contributed by atoms with E-state index in [2.05, 4.69) is 5.32 Å². The van der Waals surface area contributed by atoms with Crippen molar-refractivity contribution < 1.29 is 14.2 Å². The highest BCUT2D eigenvalue weighted by Crippen LogP contribution is 2.21. The SMILES string of the molecule is COCC(CCO)NC(C)c1ccc(F)c(Cl)c1. The van der Waals surface area contributed by atoms with Gasteiger partial charge in [0.1, 0.15) is 5.82 Å². The van der Waals surface area contributed by atoms with Gasteiger partial charge < -0.3 is 15.2 Å². The van der Waals surface area contributed by atoms with E-state index in [0.717, 1.165) is 5.56 Å². The lowest BCUT2D eigenvalue weighted by atomic mass is 10.1. The molecule has 2 N–H and O–H groups in total. The summed E-state index contributed by atoms with van der Waals surface area (Å²) in [4.78, 5) is 0. The highest BCUT2D eigenvalue weighted by Gasteiger charge is 2.14. The van der Waals surface area contributed by atoms with Gasteiger partial charge in [-0.3, -0.25) is 0 Å². The molecular weight excluding hydrogens is 257 g/mol. The normalized spacial score (nSPS) is 14.5. The Morgan fingerprint density at radius 1 is 1.50 bits per heavy atom. The third kappa shape index (κ3) is 4.53. The average Bonchev–Trinajstić information content (AvgIpc) is 2.33. The Morgan fingerprint density at radius 2 is 2.22 bits per heavy atom. The van der Waals surface area contributed by atoms with Crippen LogP contribution in [0.2, 0.25) is 5.02 Å². The first kappa shape index (κ1) is 15.4. The summed E-state index contributed by atoms with van der Waals surface area (Å²) in [5, 5.41) is 12.4. The number of halogens is 2. The van der Waals surface area contributed by atoms with Gasteiger partial charge in [0.15, 0.2) is 0 Å². The zero-order chi connectivity index (χ0) is 13.5. The molecule has 18 heavy (non-hydrogen) atoms. The van der Waals surface area contributed by atoms with Crippen molar-refractivity contribution in [3.05, 3.63) is 34.6 Å². The predicted molar refractivity (Wildman–Crippen MR) is 70.3 cm³/mol. The zero-order valence-corrected chi connectivity index (χ0v) is 11.4. The molecule has 0 spiro atoms. The summed E-state index contributed by atoms with van der Waals surface area (Å²) in [6.45, 7) is 2.57. The number of hydrogen-bond acceptors (Lipinski definition) is 3. The van der Waals surface area contributed by atoms with Crippen LogP contribution in [-0.4, -0.2) is 31.5 Å². The van der Waals surface area contributed by atoms with E-state index in [0.29, 0.717) is 13.0 Å². The lowest BCUT2D eigenvalue weighted by molar-refractivity contribution is 0.143. The van der Waals surface area contributed by atoms with Gasteiger partial charge >= 0.3 is 0 Å². The summed E-state index contributed by atoms with van der Waals surface area (Å²) in [7, 11) is 1.62. The molecule has 102 valence electrons. The Kier molecular flexibility index (Phi) is 6.57. The van der Waals surface area contributed by atoms with Crippen LogP contribution in [0.1, 0.15) is 24.9 Å². The second-order valence-corrected chi connectivity index (χ2v) is 4.63. The van der Waals surface area contributed by atoms with Crippen LogP contribution in [0, 0.1) is 5.82 Å². The summed E-state index contributed by atoms with van der Waals surface area (Å²) in [6.07, 6.45) is 0.604. The maximum atomic E-state index is 13.1. The second-order valence-electron chi connectivity index (χ2n) is 4.23. The van der Waals surface area contributed by atoms with Crippen molar-refractivity contribution >= 4 is 11.6 Å². The van der Waals surface area contributed by atoms with Crippen molar-refractivity contribution in [1.82, 2.24) is 5.32 Å². The fourth-order valence-corrected chi connectivity index (χ4v) is 1.99. The van der Waals surface area contributed by atoms with Crippen LogP contribution in [0.15, 0.2) is 18.2 Å². The number of nitrogens with one attached hydrogen (secondary N) is 1. The van der Waals surface area contributed by atoms with Gasteiger partial charge in [0.25, 0.3) is 0 Å². The van der Waals surface area contributed by atoms with Gasteiger partial charge in [-0.15, -0.1) is 0 Å². The van der Waals surface area contributed by atoms with E-state index in [1.165, 1.54) is 6.07 Å². The molecule has 5 heteroatoms. The molecule has 1 aromatic carbocycles. The molecule has 0 aromatic heterocycles. The molecule has 0 saturated heterocycles. The van der Waals surface area contributed by atoms with Crippen LogP contribution in [0.3, 0.4) is 0 Å². The van der Waals surface area contributed by atoms with Crippen molar-refractivity contribution in [2.75, 3.05) is 20.3 Å². The van der Waals surface area contributed by atoms with Gasteiger partial charge in [0, 0.05) is 25.8 Å². The first-order valence-corrected chi connectivity index (χ1v) is 6.27. The third-order valence-electron chi connectivity index (χ3n) is 2.77. The lowest BCUT2D eigenvalue weighted by Crippen LogP contribution is -2.36. The molecule has 1 aromatic rings. The zero-order valence-electron chi connectivity index (χ0n) is 10.6. The molecule has 0 saturated carbocycles. The third-order valence-corrected chi connectivity index (χ3v) is 3.06. The minimum absolute atomic E-state index is 0.00907. The van der Waals surface area contributed by atoms with Crippen molar-refractivity contribution in [1.29, 1.82) is 0 Å². The molecule has 0 aliphatic carbocycles. The van der Waals surface area contributed by atoms with E-state index in [1.54, 1.807) is 19.2 Å². The Hall–Kier alpha value is -0.680. The fourth-order valence-electron chi connectivity index (χ4n) is 1.80. The highest BCUT2D eigenvalue weighted by molar-refractivity contribution is 6.30. The summed E-state index contributed by atoms with van der Waals surface area (Å²) >= 11 is 5.75. The minimum Gasteiger partial charge on any atom is -0.396 e. The summed E-state index contributed by atoms with van der Waals surface area (Å²) < 4.78 is 18.1. The number of rotatable bonds is 7. The van der Waals surface area contributed by atoms with Crippen molar-refractivity contribution in [3.63, 3.8) is 0 Å².